The first-order valence-corrected chi connectivity index (χ1v) is 8.83. The largest absolute Gasteiger partial charge is 0.352 e. The highest BCUT2D eigenvalue weighted by Crippen LogP contribution is 2.24. The number of nitrogens with one attached hydrogen (secondary N) is 1. The minimum Gasteiger partial charge on any atom is -0.352 e. The molecule has 4 rings (SSSR count). The van der Waals surface area contributed by atoms with E-state index in [0.717, 1.165) is 30.8 Å². The number of nitrogens with zero attached hydrogens (tertiary/aromatic N) is 6. The summed E-state index contributed by atoms with van der Waals surface area (Å²) in [5.41, 5.74) is 2.89. The first-order chi connectivity index (χ1) is 12.3. The van der Waals surface area contributed by atoms with Crippen molar-refractivity contribution in [3.05, 3.63) is 42.6 Å². The van der Waals surface area contributed by atoms with E-state index in [-0.39, 0.29) is 6.04 Å². The quantitative estimate of drug-likeness (QED) is 0.771. The van der Waals surface area contributed by atoms with Crippen molar-refractivity contribution in [2.45, 2.75) is 25.3 Å². The summed E-state index contributed by atoms with van der Waals surface area (Å²) < 4.78 is 1.92. The zero-order chi connectivity index (χ0) is 17.1. The molecule has 0 radical (unpaired) electrons. The molecular formula is C18H23N7. The molecule has 0 aromatic carbocycles. The second-order valence-corrected chi connectivity index (χ2v) is 6.54. The lowest BCUT2D eigenvalue weighted by Crippen LogP contribution is -2.37. The molecule has 0 bridgehead atoms. The second kappa shape index (κ2) is 7.14. The van der Waals surface area contributed by atoms with Gasteiger partial charge in [0.1, 0.15) is 5.52 Å². The van der Waals surface area contributed by atoms with Gasteiger partial charge in [0.15, 0.2) is 5.65 Å². The molecule has 0 saturated carbocycles. The minimum absolute atomic E-state index is 0.275. The molecule has 0 aliphatic carbocycles. The van der Waals surface area contributed by atoms with Gasteiger partial charge < -0.3 is 9.88 Å². The zero-order valence-corrected chi connectivity index (χ0v) is 14.5. The van der Waals surface area contributed by atoms with Crippen molar-refractivity contribution in [1.82, 2.24) is 29.4 Å². The number of aryl methyl sites for hydroxylation is 1. The first kappa shape index (κ1) is 16.0. The van der Waals surface area contributed by atoms with Crippen LogP contribution in [0.3, 0.4) is 0 Å². The van der Waals surface area contributed by atoms with Crippen LogP contribution in [-0.4, -0.2) is 49.0 Å². The van der Waals surface area contributed by atoms with Gasteiger partial charge >= 0.3 is 0 Å². The number of hydrogen-bond acceptors (Lipinski definition) is 6. The Bertz CT molecular complexity index is 824. The van der Waals surface area contributed by atoms with Crippen molar-refractivity contribution in [3.8, 4) is 0 Å². The maximum absolute atomic E-state index is 4.52. The lowest BCUT2D eigenvalue weighted by atomic mass is 10.0. The lowest BCUT2D eigenvalue weighted by Gasteiger charge is -2.34. The number of anilines is 1. The van der Waals surface area contributed by atoms with Gasteiger partial charge in [0, 0.05) is 26.0 Å². The average Bonchev–Trinajstić information content (AvgIpc) is 3.04. The third-order valence-corrected chi connectivity index (χ3v) is 4.84. The fraction of sp³-hybridized carbons (Fsp3) is 0.444. The highest BCUT2D eigenvalue weighted by Gasteiger charge is 2.22. The number of pyridine rings is 1. The second-order valence-electron chi connectivity index (χ2n) is 6.54. The van der Waals surface area contributed by atoms with Gasteiger partial charge in [0.05, 0.1) is 18.6 Å². The van der Waals surface area contributed by atoms with Crippen LogP contribution in [0.25, 0.3) is 11.2 Å². The third kappa shape index (κ3) is 3.46. The molecule has 3 aromatic heterocycles. The number of likely N-dealkylation sites (tertiary alicyclic amines) is 1. The SMILES string of the molecule is Cn1cnc2nc(NCC(c3cccnc3)N3CCCCC3)ncc21. The van der Waals surface area contributed by atoms with E-state index in [1.807, 2.05) is 36.3 Å². The molecule has 1 aliphatic rings. The van der Waals surface area contributed by atoms with E-state index < -0.39 is 0 Å². The smallest absolute Gasteiger partial charge is 0.224 e. The summed E-state index contributed by atoms with van der Waals surface area (Å²) in [6.07, 6.45) is 11.2. The van der Waals surface area contributed by atoms with E-state index in [9.17, 15) is 0 Å². The van der Waals surface area contributed by atoms with Crippen LogP contribution in [-0.2, 0) is 7.05 Å². The molecule has 1 N–H and O–H groups in total. The van der Waals surface area contributed by atoms with Crippen molar-refractivity contribution in [1.29, 1.82) is 0 Å². The molecule has 1 saturated heterocycles. The first-order valence-electron chi connectivity index (χ1n) is 8.83. The molecule has 130 valence electrons. The van der Waals surface area contributed by atoms with Gasteiger partial charge in [0.2, 0.25) is 5.95 Å². The molecule has 1 atom stereocenters. The molecule has 3 aromatic rings. The lowest BCUT2D eigenvalue weighted by molar-refractivity contribution is 0.170. The van der Waals surface area contributed by atoms with Crippen LogP contribution in [0.15, 0.2) is 37.1 Å². The predicted octanol–water partition coefficient (Wildman–Crippen LogP) is 2.40. The van der Waals surface area contributed by atoms with Gasteiger partial charge in [-0.1, -0.05) is 12.5 Å². The van der Waals surface area contributed by atoms with Crippen LogP contribution in [0.2, 0.25) is 0 Å². The average molecular weight is 337 g/mol. The highest BCUT2D eigenvalue weighted by molar-refractivity contribution is 5.70. The van der Waals surface area contributed by atoms with Crippen LogP contribution in [0.5, 0.6) is 0 Å². The van der Waals surface area contributed by atoms with Crippen LogP contribution in [0, 0.1) is 0 Å². The number of piperidine rings is 1. The van der Waals surface area contributed by atoms with E-state index in [1.165, 1.54) is 24.8 Å². The van der Waals surface area contributed by atoms with Crippen LogP contribution >= 0.6 is 0 Å². The fourth-order valence-corrected chi connectivity index (χ4v) is 3.45. The molecule has 0 spiro atoms. The summed E-state index contributed by atoms with van der Waals surface area (Å²) >= 11 is 0. The van der Waals surface area contributed by atoms with Gasteiger partial charge in [-0.15, -0.1) is 0 Å². The summed E-state index contributed by atoms with van der Waals surface area (Å²) in [5.74, 6) is 0.622. The fourth-order valence-electron chi connectivity index (χ4n) is 3.45. The van der Waals surface area contributed by atoms with Crippen molar-refractivity contribution < 1.29 is 0 Å². The Morgan fingerprint density at radius 1 is 1.16 bits per heavy atom. The van der Waals surface area contributed by atoms with Crippen molar-refractivity contribution in [2.75, 3.05) is 25.0 Å². The molecule has 1 aliphatic heterocycles. The normalized spacial score (nSPS) is 16.8. The Morgan fingerprint density at radius 3 is 2.84 bits per heavy atom. The Labute approximate surface area is 147 Å². The summed E-state index contributed by atoms with van der Waals surface area (Å²) in [6.45, 7) is 3.01. The molecule has 4 heterocycles. The van der Waals surface area contributed by atoms with Crippen LogP contribution in [0.1, 0.15) is 30.9 Å². The molecule has 1 fully saturated rings. The summed E-state index contributed by atoms with van der Waals surface area (Å²) in [5, 5.41) is 3.40. The molecule has 0 amide bonds. The van der Waals surface area contributed by atoms with Crippen LogP contribution < -0.4 is 5.32 Å². The Kier molecular flexibility index (Phi) is 4.56. The molecular weight excluding hydrogens is 314 g/mol. The van der Waals surface area contributed by atoms with E-state index in [2.05, 4.69) is 36.2 Å². The number of rotatable bonds is 5. The van der Waals surface area contributed by atoms with E-state index in [4.69, 9.17) is 0 Å². The Balaban J connectivity index is 1.53. The van der Waals surface area contributed by atoms with Gasteiger partial charge in [-0.2, -0.15) is 4.98 Å². The topological polar surface area (TPSA) is 71.8 Å². The summed E-state index contributed by atoms with van der Waals surface area (Å²) in [6, 6.07) is 4.43. The van der Waals surface area contributed by atoms with Crippen molar-refractivity contribution in [3.63, 3.8) is 0 Å². The molecule has 1 unspecified atom stereocenters. The molecule has 25 heavy (non-hydrogen) atoms. The number of imidazole rings is 1. The summed E-state index contributed by atoms with van der Waals surface area (Å²) in [4.78, 5) is 20.1. The minimum atomic E-state index is 0.275. The Hall–Kier alpha value is -2.54. The highest BCUT2D eigenvalue weighted by atomic mass is 15.2. The van der Waals surface area contributed by atoms with Gasteiger partial charge in [0.25, 0.3) is 0 Å². The van der Waals surface area contributed by atoms with Crippen molar-refractivity contribution in [2.24, 2.45) is 7.05 Å². The monoisotopic (exact) mass is 337 g/mol. The standard InChI is InChI=1S/C18H23N7/c1-24-13-22-17-16(24)12-21-18(23-17)20-11-15(14-6-5-7-19-10-14)25-8-3-2-4-9-25/h5-7,10,12-13,15H,2-4,8-9,11H2,1H3,(H,20,21,23). The maximum Gasteiger partial charge on any atom is 0.224 e. The van der Waals surface area contributed by atoms with E-state index >= 15 is 0 Å². The van der Waals surface area contributed by atoms with E-state index in [1.54, 1.807) is 6.33 Å². The predicted molar refractivity (Wildman–Crippen MR) is 97.2 cm³/mol. The number of aromatic nitrogens is 5. The number of hydrogen-bond donors (Lipinski definition) is 1. The van der Waals surface area contributed by atoms with Gasteiger partial charge in [-0.05, 0) is 37.6 Å². The van der Waals surface area contributed by atoms with E-state index in [0.29, 0.717) is 5.95 Å². The van der Waals surface area contributed by atoms with Gasteiger partial charge in [-0.3, -0.25) is 9.88 Å². The van der Waals surface area contributed by atoms with Crippen LogP contribution in [0.4, 0.5) is 5.95 Å². The third-order valence-electron chi connectivity index (χ3n) is 4.84. The van der Waals surface area contributed by atoms with Crippen molar-refractivity contribution >= 4 is 17.1 Å². The van der Waals surface area contributed by atoms with Gasteiger partial charge in [-0.25, -0.2) is 9.97 Å². The Morgan fingerprint density at radius 2 is 2.04 bits per heavy atom. The maximum atomic E-state index is 4.52. The molecule has 7 nitrogen and oxygen atoms in total. The zero-order valence-electron chi connectivity index (χ0n) is 14.5. The number of fused-ring (bicyclic) bond motifs is 1. The summed E-state index contributed by atoms with van der Waals surface area (Å²) in [7, 11) is 1.95. The molecule has 7 heteroatoms.